The molecule has 2 nitrogen and oxygen atoms in total. The van der Waals surface area contributed by atoms with Crippen molar-refractivity contribution in [2.45, 2.75) is 6.04 Å². The standard InChI is InChI=1S/C3H4N2/c4-1-3-2-5-3/h3,5H,2H2. The Morgan fingerprint density at radius 1 is 2.00 bits per heavy atom. The van der Waals surface area contributed by atoms with Crippen LogP contribution in [0.15, 0.2) is 0 Å². The predicted octanol–water partition coefficient (Wildman–Crippen LogP) is -0.518. The molecule has 1 heterocycles. The van der Waals surface area contributed by atoms with Gasteiger partial charge in [0.05, 0.1) is 6.07 Å². The lowest BCUT2D eigenvalue weighted by atomic mass is 10.6. The highest BCUT2D eigenvalue weighted by molar-refractivity contribution is 5.02. The van der Waals surface area contributed by atoms with Crippen LogP contribution in [0.3, 0.4) is 0 Å². The molecule has 1 saturated heterocycles. The van der Waals surface area contributed by atoms with Gasteiger partial charge in [0.1, 0.15) is 6.04 Å². The van der Waals surface area contributed by atoms with Crippen LogP contribution in [0, 0.1) is 11.3 Å². The van der Waals surface area contributed by atoms with E-state index in [0.29, 0.717) is 0 Å². The van der Waals surface area contributed by atoms with Gasteiger partial charge < -0.3 is 0 Å². The van der Waals surface area contributed by atoms with Gasteiger partial charge in [-0.25, -0.2) is 0 Å². The van der Waals surface area contributed by atoms with Gasteiger partial charge in [0.2, 0.25) is 0 Å². The summed E-state index contributed by atoms with van der Waals surface area (Å²) in [5.74, 6) is 0. The number of nitriles is 1. The maximum atomic E-state index is 7.89. The first kappa shape index (κ1) is 2.67. The van der Waals surface area contributed by atoms with Gasteiger partial charge in [-0.2, -0.15) is 5.26 Å². The molecule has 1 aliphatic rings. The molecule has 26 valence electrons. The number of nitrogens with zero attached hydrogens (tertiary/aromatic N) is 1. The van der Waals surface area contributed by atoms with E-state index in [0.717, 1.165) is 6.54 Å². The Bertz CT molecular complexity index is 67.5. The molecule has 0 amide bonds. The quantitative estimate of drug-likeness (QED) is 0.388. The van der Waals surface area contributed by atoms with E-state index in [1.54, 1.807) is 0 Å². The molecule has 0 aromatic carbocycles. The van der Waals surface area contributed by atoms with Crippen molar-refractivity contribution in [2.75, 3.05) is 6.54 Å². The summed E-state index contributed by atoms with van der Waals surface area (Å²) in [7, 11) is 0. The van der Waals surface area contributed by atoms with Crippen LogP contribution < -0.4 is 5.32 Å². The van der Waals surface area contributed by atoms with Crippen LogP contribution in [0.4, 0.5) is 0 Å². The van der Waals surface area contributed by atoms with Crippen LogP contribution in [0.2, 0.25) is 0 Å². The zero-order valence-corrected chi connectivity index (χ0v) is 2.73. The molecule has 2 heteroatoms. The van der Waals surface area contributed by atoms with Gasteiger partial charge in [0.15, 0.2) is 0 Å². The molecule has 1 unspecified atom stereocenters. The summed E-state index contributed by atoms with van der Waals surface area (Å²) in [5, 5.41) is 10.7. The van der Waals surface area contributed by atoms with Crippen molar-refractivity contribution in [3.05, 3.63) is 0 Å². The van der Waals surface area contributed by atoms with Gasteiger partial charge in [-0.1, -0.05) is 0 Å². The summed E-state index contributed by atoms with van der Waals surface area (Å²) in [6.45, 7) is 0.899. The van der Waals surface area contributed by atoms with E-state index in [-0.39, 0.29) is 6.04 Å². The number of hydrogen-bond acceptors (Lipinski definition) is 2. The van der Waals surface area contributed by atoms with Crippen LogP contribution in [0.5, 0.6) is 0 Å². The average Bonchev–Trinajstić information content (AvgIpc) is 2.12. The Labute approximate surface area is 30.4 Å². The van der Waals surface area contributed by atoms with Gasteiger partial charge in [-0.15, -0.1) is 0 Å². The van der Waals surface area contributed by atoms with Crippen molar-refractivity contribution in [2.24, 2.45) is 0 Å². The summed E-state index contributed by atoms with van der Waals surface area (Å²) in [4.78, 5) is 0. The molecule has 1 N–H and O–H groups in total. The molecular weight excluding hydrogens is 64.0 g/mol. The molecule has 5 heavy (non-hydrogen) atoms. The molecule has 0 spiro atoms. The van der Waals surface area contributed by atoms with Gasteiger partial charge in [-0.3, -0.25) is 5.32 Å². The molecule has 0 aromatic heterocycles. The van der Waals surface area contributed by atoms with E-state index in [9.17, 15) is 0 Å². The van der Waals surface area contributed by atoms with Gasteiger partial charge in [0.25, 0.3) is 0 Å². The minimum Gasteiger partial charge on any atom is -0.298 e. The van der Waals surface area contributed by atoms with Crippen molar-refractivity contribution < 1.29 is 0 Å². The van der Waals surface area contributed by atoms with E-state index >= 15 is 0 Å². The lowest BCUT2D eigenvalue weighted by molar-refractivity contribution is 1.21. The fourth-order valence-corrected chi connectivity index (χ4v) is 0.150. The highest BCUT2D eigenvalue weighted by atomic mass is 15.1. The van der Waals surface area contributed by atoms with Crippen LogP contribution in [-0.4, -0.2) is 12.6 Å². The largest absolute Gasteiger partial charge is 0.298 e. The van der Waals surface area contributed by atoms with E-state index in [1.807, 2.05) is 6.07 Å². The Morgan fingerprint density at radius 3 is 2.60 bits per heavy atom. The highest BCUT2D eigenvalue weighted by Gasteiger charge is 2.17. The van der Waals surface area contributed by atoms with E-state index in [4.69, 9.17) is 5.26 Å². The van der Waals surface area contributed by atoms with E-state index in [1.165, 1.54) is 0 Å². The fourth-order valence-electron chi connectivity index (χ4n) is 0.150. The smallest absolute Gasteiger partial charge is 0.108 e. The predicted molar refractivity (Wildman–Crippen MR) is 17.4 cm³/mol. The second kappa shape index (κ2) is 0.697. The monoisotopic (exact) mass is 68.0 g/mol. The first-order valence-electron chi connectivity index (χ1n) is 1.56. The first-order chi connectivity index (χ1) is 2.43. The van der Waals surface area contributed by atoms with Gasteiger partial charge >= 0.3 is 0 Å². The van der Waals surface area contributed by atoms with Crippen molar-refractivity contribution >= 4 is 0 Å². The minimum atomic E-state index is 0.190. The maximum Gasteiger partial charge on any atom is 0.108 e. The summed E-state index contributed by atoms with van der Waals surface area (Å²) >= 11 is 0. The molecule has 0 aliphatic carbocycles. The highest BCUT2D eigenvalue weighted by Crippen LogP contribution is 1.89. The fraction of sp³-hybridized carbons (Fsp3) is 0.667. The molecule has 1 fully saturated rings. The summed E-state index contributed by atoms with van der Waals surface area (Å²) in [5.41, 5.74) is 0. The molecule has 0 bridgehead atoms. The lowest BCUT2D eigenvalue weighted by Gasteiger charge is -1.51. The first-order valence-corrected chi connectivity index (χ1v) is 1.56. The molecule has 0 radical (unpaired) electrons. The van der Waals surface area contributed by atoms with Crippen LogP contribution in [0.1, 0.15) is 0 Å². The molecule has 0 saturated carbocycles. The third kappa shape index (κ3) is 0.366. The summed E-state index contributed by atoms with van der Waals surface area (Å²) in [6.07, 6.45) is 0. The van der Waals surface area contributed by atoms with Gasteiger partial charge in [-0.05, 0) is 0 Å². The summed E-state index contributed by atoms with van der Waals surface area (Å²) in [6, 6.07) is 2.22. The number of hydrogen-bond donors (Lipinski definition) is 1. The van der Waals surface area contributed by atoms with Gasteiger partial charge in [0, 0.05) is 6.54 Å². The van der Waals surface area contributed by atoms with Crippen LogP contribution in [0.25, 0.3) is 0 Å². The SMILES string of the molecule is N#CC1CN1. The third-order valence-corrected chi connectivity index (χ3v) is 0.564. The Kier molecular flexibility index (Phi) is 0.373. The minimum absolute atomic E-state index is 0.190. The Balaban J connectivity index is 2.30. The second-order valence-corrected chi connectivity index (χ2v) is 1.09. The number of rotatable bonds is 0. The van der Waals surface area contributed by atoms with E-state index < -0.39 is 0 Å². The van der Waals surface area contributed by atoms with Crippen molar-refractivity contribution in [1.29, 1.82) is 5.26 Å². The summed E-state index contributed by atoms with van der Waals surface area (Å²) < 4.78 is 0. The van der Waals surface area contributed by atoms with Crippen molar-refractivity contribution in [3.8, 4) is 6.07 Å². The third-order valence-electron chi connectivity index (χ3n) is 0.564. The van der Waals surface area contributed by atoms with Crippen LogP contribution in [-0.2, 0) is 0 Å². The number of nitrogens with one attached hydrogen (secondary N) is 1. The van der Waals surface area contributed by atoms with E-state index in [2.05, 4.69) is 5.32 Å². The van der Waals surface area contributed by atoms with Crippen molar-refractivity contribution in [1.82, 2.24) is 5.32 Å². The molecule has 1 rings (SSSR count). The zero-order valence-electron chi connectivity index (χ0n) is 2.73. The zero-order chi connectivity index (χ0) is 3.70. The molecule has 1 atom stereocenters. The van der Waals surface area contributed by atoms with Crippen LogP contribution >= 0.6 is 0 Å². The second-order valence-electron chi connectivity index (χ2n) is 1.09. The molecule has 1 aliphatic heterocycles. The molecule has 0 aromatic rings. The average molecular weight is 68.1 g/mol. The Morgan fingerprint density at radius 2 is 2.60 bits per heavy atom. The Hall–Kier alpha value is -0.550. The molecular formula is C3H4N2. The topological polar surface area (TPSA) is 45.7 Å². The van der Waals surface area contributed by atoms with Crippen molar-refractivity contribution in [3.63, 3.8) is 0 Å². The lowest BCUT2D eigenvalue weighted by Crippen LogP contribution is -1.78. The maximum absolute atomic E-state index is 7.89. The normalized spacial score (nSPS) is 32.2.